The van der Waals surface area contributed by atoms with E-state index < -0.39 is 0 Å². The lowest BCUT2D eigenvalue weighted by Crippen LogP contribution is -2.39. The standard InChI is InChI=1S/C22H32N4O.HI/c1-5-23-22(24-13-12-21-16(3)26-27-17(21)4)25-15(2)19-11-10-18-8-6-7-9-20(18)14-19;/h10-11,14-15H,5-9,12-13H2,1-4H3,(H2,23,24,25);1H. The molecule has 1 aliphatic rings. The van der Waals surface area contributed by atoms with Gasteiger partial charge in [-0.2, -0.15) is 0 Å². The molecule has 2 N–H and O–H groups in total. The Kier molecular flexibility index (Phi) is 8.79. The molecule has 1 atom stereocenters. The van der Waals surface area contributed by atoms with E-state index >= 15 is 0 Å². The number of hydrogen-bond donors (Lipinski definition) is 2. The Bertz CT molecular complexity index is 780. The SMILES string of the molecule is CCNC(=NCCc1c(C)noc1C)NC(C)c1ccc2c(c1)CCCC2.I. The number of rotatable bonds is 6. The number of halogens is 1. The Labute approximate surface area is 185 Å². The van der Waals surface area contributed by atoms with Crippen LogP contribution in [-0.2, 0) is 19.3 Å². The highest BCUT2D eigenvalue weighted by atomic mass is 127. The Morgan fingerprint density at radius 3 is 2.64 bits per heavy atom. The molecule has 0 radical (unpaired) electrons. The Morgan fingerprint density at radius 1 is 1.21 bits per heavy atom. The predicted octanol–water partition coefficient (Wildman–Crippen LogP) is 4.65. The van der Waals surface area contributed by atoms with E-state index in [1.54, 1.807) is 0 Å². The van der Waals surface area contributed by atoms with Crippen molar-refractivity contribution >= 4 is 29.9 Å². The van der Waals surface area contributed by atoms with Crippen LogP contribution in [0.4, 0.5) is 0 Å². The van der Waals surface area contributed by atoms with Crippen molar-refractivity contribution in [2.45, 2.75) is 65.8 Å². The number of nitrogens with one attached hydrogen (secondary N) is 2. The summed E-state index contributed by atoms with van der Waals surface area (Å²) in [5.41, 5.74) is 6.50. The van der Waals surface area contributed by atoms with Gasteiger partial charge in [-0.25, -0.2) is 0 Å². The zero-order valence-electron chi connectivity index (χ0n) is 17.5. The Morgan fingerprint density at radius 2 is 1.96 bits per heavy atom. The molecule has 1 aliphatic carbocycles. The highest BCUT2D eigenvalue weighted by Gasteiger charge is 2.14. The third kappa shape index (κ3) is 5.72. The molecule has 0 amide bonds. The van der Waals surface area contributed by atoms with Crippen LogP contribution < -0.4 is 10.6 Å². The fraction of sp³-hybridized carbons (Fsp3) is 0.545. The summed E-state index contributed by atoms with van der Waals surface area (Å²) in [5.74, 6) is 1.75. The van der Waals surface area contributed by atoms with Crippen LogP contribution in [0.2, 0.25) is 0 Å². The molecule has 3 rings (SSSR count). The van der Waals surface area contributed by atoms with E-state index in [9.17, 15) is 0 Å². The molecule has 5 nitrogen and oxygen atoms in total. The molecule has 28 heavy (non-hydrogen) atoms. The minimum atomic E-state index is 0. The van der Waals surface area contributed by atoms with Crippen LogP contribution in [0.25, 0.3) is 0 Å². The average Bonchev–Trinajstić information content (AvgIpc) is 2.99. The van der Waals surface area contributed by atoms with Crippen LogP contribution in [0, 0.1) is 13.8 Å². The van der Waals surface area contributed by atoms with E-state index in [0.717, 1.165) is 35.9 Å². The minimum Gasteiger partial charge on any atom is -0.361 e. The van der Waals surface area contributed by atoms with Crippen molar-refractivity contribution in [2.75, 3.05) is 13.1 Å². The average molecular weight is 496 g/mol. The van der Waals surface area contributed by atoms with Crippen LogP contribution in [0.15, 0.2) is 27.7 Å². The number of aliphatic imine (C=N–C) groups is 1. The molecule has 0 saturated heterocycles. The van der Waals surface area contributed by atoms with Gasteiger partial charge in [0.05, 0.1) is 11.7 Å². The second kappa shape index (κ2) is 10.8. The second-order valence-electron chi connectivity index (χ2n) is 7.41. The van der Waals surface area contributed by atoms with E-state index in [2.05, 4.69) is 47.8 Å². The van der Waals surface area contributed by atoms with Crippen molar-refractivity contribution in [3.63, 3.8) is 0 Å². The summed E-state index contributed by atoms with van der Waals surface area (Å²) in [6.45, 7) is 9.78. The van der Waals surface area contributed by atoms with Crippen molar-refractivity contribution in [1.82, 2.24) is 15.8 Å². The first kappa shape index (κ1) is 22.7. The number of aromatic nitrogens is 1. The van der Waals surface area contributed by atoms with Crippen molar-refractivity contribution in [2.24, 2.45) is 4.99 Å². The van der Waals surface area contributed by atoms with Gasteiger partial charge in [-0.05, 0) is 76.5 Å². The van der Waals surface area contributed by atoms with Crippen LogP contribution in [0.3, 0.4) is 0 Å². The molecule has 1 aromatic heterocycles. The number of benzene rings is 1. The summed E-state index contributed by atoms with van der Waals surface area (Å²) in [4.78, 5) is 4.75. The molecule has 0 fully saturated rings. The van der Waals surface area contributed by atoms with Crippen LogP contribution in [0.5, 0.6) is 0 Å². The van der Waals surface area contributed by atoms with Crippen molar-refractivity contribution in [3.8, 4) is 0 Å². The minimum absolute atomic E-state index is 0. The molecule has 0 saturated carbocycles. The lowest BCUT2D eigenvalue weighted by Gasteiger charge is -2.21. The van der Waals surface area contributed by atoms with E-state index in [0.29, 0.717) is 6.54 Å². The zero-order valence-corrected chi connectivity index (χ0v) is 19.8. The Balaban J connectivity index is 0.00000280. The molecule has 2 aromatic rings. The molecule has 6 heteroatoms. The van der Waals surface area contributed by atoms with Gasteiger partial charge in [0, 0.05) is 18.7 Å². The van der Waals surface area contributed by atoms with Crippen LogP contribution >= 0.6 is 24.0 Å². The summed E-state index contributed by atoms with van der Waals surface area (Å²) in [6.07, 6.45) is 5.91. The molecule has 154 valence electrons. The summed E-state index contributed by atoms with van der Waals surface area (Å²) in [6, 6.07) is 7.16. The number of fused-ring (bicyclic) bond motifs is 1. The van der Waals surface area contributed by atoms with Gasteiger partial charge in [0.25, 0.3) is 0 Å². The molecule has 1 heterocycles. The molecule has 1 aromatic carbocycles. The number of aryl methyl sites for hydroxylation is 4. The normalized spacial score (nSPS) is 14.8. The third-order valence-corrected chi connectivity index (χ3v) is 5.38. The van der Waals surface area contributed by atoms with Crippen molar-refractivity contribution < 1.29 is 4.52 Å². The maximum absolute atomic E-state index is 5.24. The first-order chi connectivity index (χ1) is 13.1. The number of guanidine groups is 1. The van der Waals surface area contributed by atoms with Gasteiger partial charge in [0.15, 0.2) is 5.96 Å². The summed E-state index contributed by atoms with van der Waals surface area (Å²) >= 11 is 0. The highest BCUT2D eigenvalue weighted by Crippen LogP contribution is 2.24. The van der Waals surface area contributed by atoms with Crippen LogP contribution in [-0.4, -0.2) is 24.2 Å². The molecular weight excluding hydrogens is 463 g/mol. The quantitative estimate of drug-likeness (QED) is 0.347. The van der Waals surface area contributed by atoms with Gasteiger partial charge in [-0.15, -0.1) is 24.0 Å². The smallest absolute Gasteiger partial charge is 0.191 e. The van der Waals surface area contributed by atoms with E-state index in [1.165, 1.54) is 42.4 Å². The van der Waals surface area contributed by atoms with Crippen LogP contribution in [0.1, 0.15) is 66.4 Å². The molecular formula is C22H33IN4O. The fourth-order valence-electron chi connectivity index (χ4n) is 3.77. The van der Waals surface area contributed by atoms with Crippen molar-refractivity contribution in [1.29, 1.82) is 0 Å². The van der Waals surface area contributed by atoms with Gasteiger partial charge in [-0.3, -0.25) is 4.99 Å². The summed E-state index contributed by atoms with van der Waals surface area (Å²) in [5, 5.41) is 10.9. The highest BCUT2D eigenvalue weighted by molar-refractivity contribution is 14.0. The first-order valence-electron chi connectivity index (χ1n) is 10.2. The topological polar surface area (TPSA) is 62.5 Å². The van der Waals surface area contributed by atoms with Gasteiger partial charge in [-0.1, -0.05) is 23.4 Å². The maximum Gasteiger partial charge on any atom is 0.191 e. The van der Waals surface area contributed by atoms with Crippen molar-refractivity contribution in [3.05, 3.63) is 51.9 Å². The number of nitrogens with zero attached hydrogens (tertiary/aromatic N) is 2. The lowest BCUT2D eigenvalue weighted by atomic mass is 9.89. The summed E-state index contributed by atoms with van der Waals surface area (Å²) < 4.78 is 5.24. The second-order valence-corrected chi connectivity index (χ2v) is 7.41. The van der Waals surface area contributed by atoms with Gasteiger partial charge in [0.1, 0.15) is 5.76 Å². The predicted molar refractivity (Wildman–Crippen MR) is 126 cm³/mol. The lowest BCUT2D eigenvalue weighted by molar-refractivity contribution is 0.392. The first-order valence-corrected chi connectivity index (χ1v) is 10.2. The van der Waals surface area contributed by atoms with Gasteiger partial charge < -0.3 is 15.2 Å². The van der Waals surface area contributed by atoms with Gasteiger partial charge in [0.2, 0.25) is 0 Å². The fourth-order valence-corrected chi connectivity index (χ4v) is 3.77. The maximum atomic E-state index is 5.24. The van der Waals surface area contributed by atoms with E-state index in [4.69, 9.17) is 9.52 Å². The van der Waals surface area contributed by atoms with E-state index in [-0.39, 0.29) is 30.0 Å². The summed E-state index contributed by atoms with van der Waals surface area (Å²) in [7, 11) is 0. The third-order valence-electron chi connectivity index (χ3n) is 5.38. The van der Waals surface area contributed by atoms with Gasteiger partial charge >= 0.3 is 0 Å². The largest absolute Gasteiger partial charge is 0.361 e. The molecule has 0 bridgehead atoms. The molecule has 0 spiro atoms. The molecule has 1 unspecified atom stereocenters. The zero-order chi connectivity index (χ0) is 19.2. The molecule has 0 aliphatic heterocycles. The monoisotopic (exact) mass is 496 g/mol. The Hall–Kier alpha value is -1.57. The van der Waals surface area contributed by atoms with E-state index in [1.807, 2.05) is 13.8 Å². The number of hydrogen-bond acceptors (Lipinski definition) is 3.